The lowest BCUT2D eigenvalue weighted by Gasteiger charge is -2.28. The van der Waals surface area contributed by atoms with E-state index in [9.17, 15) is 9.59 Å². The Kier molecular flexibility index (Phi) is 6.51. The monoisotopic (exact) mass is 326 g/mol. The van der Waals surface area contributed by atoms with Gasteiger partial charge in [-0.2, -0.15) is 0 Å². The summed E-state index contributed by atoms with van der Waals surface area (Å²) >= 11 is 0. The molecule has 126 valence electrons. The van der Waals surface area contributed by atoms with Crippen molar-refractivity contribution in [2.24, 2.45) is 5.84 Å². The third kappa shape index (κ3) is 4.67. The Hall–Kier alpha value is -2.66. The van der Waals surface area contributed by atoms with Crippen molar-refractivity contribution in [3.8, 4) is 0 Å². The summed E-state index contributed by atoms with van der Waals surface area (Å²) in [6.45, 7) is 0. The lowest BCUT2D eigenvalue weighted by atomic mass is 9.86. The van der Waals surface area contributed by atoms with E-state index >= 15 is 0 Å². The lowest BCUT2D eigenvalue weighted by Crippen LogP contribution is -2.48. The molecule has 2 unspecified atom stereocenters. The van der Waals surface area contributed by atoms with Gasteiger partial charge in [0.05, 0.1) is 0 Å². The van der Waals surface area contributed by atoms with Crippen LogP contribution >= 0.6 is 0 Å². The first kappa shape index (κ1) is 17.7. The average Bonchev–Trinajstić information content (AvgIpc) is 2.62. The van der Waals surface area contributed by atoms with Gasteiger partial charge in [0.2, 0.25) is 0 Å². The third-order valence-corrected chi connectivity index (χ3v) is 4.14. The van der Waals surface area contributed by atoms with Gasteiger partial charge in [0.1, 0.15) is 12.3 Å². The molecule has 5 nitrogen and oxygen atoms in total. The number of hydrogen-bond donors (Lipinski definition) is 2. The van der Waals surface area contributed by atoms with Crippen LogP contribution in [0, 0.1) is 0 Å². The fourth-order valence-corrected chi connectivity index (χ4v) is 2.89. The number of carboxylic acid groups (broad SMARTS) is 1. The number of benzene rings is 2. The Morgan fingerprint density at radius 2 is 1.67 bits per heavy atom. The predicted molar refractivity (Wildman–Crippen MR) is 92.5 cm³/mol. The Morgan fingerprint density at radius 1 is 1.08 bits per heavy atom. The lowest BCUT2D eigenvalue weighted by molar-refractivity contribution is -0.112. The number of nitrogens with two attached hydrogens (primary N) is 1. The largest absolute Gasteiger partial charge is 0.464 e. The van der Waals surface area contributed by atoms with Gasteiger partial charge in [0, 0.05) is 5.92 Å². The maximum absolute atomic E-state index is 11.5. The summed E-state index contributed by atoms with van der Waals surface area (Å²) in [5.74, 6) is 5.32. The highest BCUT2D eigenvalue weighted by Crippen LogP contribution is 2.27. The first-order valence-electron chi connectivity index (χ1n) is 7.94. The van der Waals surface area contributed by atoms with Crippen LogP contribution < -0.4 is 5.84 Å². The molecule has 2 aromatic carbocycles. The van der Waals surface area contributed by atoms with Gasteiger partial charge in [0.25, 0.3) is 0 Å². The minimum absolute atomic E-state index is 0.270. The predicted octanol–water partition coefficient (Wildman–Crippen LogP) is 3.21. The van der Waals surface area contributed by atoms with E-state index < -0.39 is 12.1 Å². The number of rotatable bonds is 8. The second-order valence-corrected chi connectivity index (χ2v) is 5.71. The molecule has 2 atom stereocenters. The van der Waals surface area contributed by atoms with Crippen LogP contribution in [-0.4, -0.2) is 28.5 Å². The molecule has 24 heavy (non-hydrogen) atoms. The fourth-order valence-electron chi connectivity index (χ4n) is 2.89. The summed E-state index contributed by atoms with van der Waals surface area (Å²) in [5.41, 5.74) is 2.13. The van der Waals surface area contributed by atoms with Crippen molar-refractivity contribution in [3.63, 3.8) is 0 Å². The molecule has 2 aromatic rings. The van der Waals surface area contributed by atoms with Crippen LogP contribution in [0.1, 0.15) is 29.9 Å². The molecule has 0 aliphatic carbocycles. The van der Waals surface area contributed by atoms with Crippen molar-refractivity contribution < 1.29 is 14.7 Å². The third-order valence-electron chi connectivity index (χ3n) is 4.14. The molecule has 0 saturated heterocycles. The summed E-state index contributed by atoms with van der Waals surface area (Å²) in [6.07, 6.45) is 1.68. The van der Waals surface area contributed by atoms with Crippen LogP contribution in [-0.2, 0) is 11.2 Å². The molecule has 0 aliphatic heterocycles. The zero-order valence-electron chi connectivity index (χ0n) is 13.4. The number of amides is 1. The van der Waals surface area contributed by atoms with E-state index in [0.717, 1.165) is 18.4 Å². The van der Waals surface area contributed by atoms with Crippen molar-refractivity contribution >= 4 is 12.4 Å². The number of carbonyl (C=O) groups excluding carboxylic acids is 1. The van der Waals surface area contributed by atoms with Gasteiger partial charge in [-0.1, -0.05) is 60.7 Å². The smallest absolute Gasteiger partial charge is 0.422 e. The first-order chi connectivity index (χ1) is 11.6. The Labute approximate surface area is 141 Å². The van der Waals surface area contributed by atoms with E-state index in [1.54, 1.807) is 0 Å². The minimum atomic E-state index is -1.31. The SMILES string of the molecule is NN(C(=O)O)C(C=O)C(CCCc1ccccc1)c1ccccc1. The highest BCUT2D eigenvalue weighted by atomic mass is 16.4. The van der Waals surface area contributed by atoms with Gasteiger partial charge < -0.3 is 9.90 Å². The maximum atomic E-state index is 11.5. The van der Waals surface area contributed by atoms with Crippen molar-refractivity contribution in [1.82, 2.24) is 5.01 Å². The molecule has 0 saturated carbocycles. The fraction of sp³-hybridized carbons (Fsp3) is 0.263. The number of hydrogen-bond acceptors (Lipinski definition) is 3. The van der Waals surface area contributed by atoms with E-state index in [1.807, 2.05) is 48.5 Å². The molecule has 0 spiro atoms. The van der Waals surface area contributed by atoms with Crippen LogP contribution in [0.2, 0.25) is 0 Å². The van der Waals surface area contributed by atoms with Crippen molar-refractivity contribution in [1.29, 1.82) is 0 Å². The molecule has 5 heteroatoms. The van der Waals surface area contributed by atoms with E-state index in [0.29, 0.717) is 17.7 Å². The number of nitrogens with zero attached hydrogens (tertiary/aromatic N) is 1. The Morgan fingerprint density at radius 3 is 2.21 bits per heavy atom. The molecule has 0 aliphatic rings. The molecular formula is C19H22N2O3. The number of aldehydes is 1. The highest BCUT2D eigenvalue weighted by Gasteiger charge is 2.29. The average molecular weight is 326 g/mol. The van der Waals surface area contributed by atoms with Gasteiger partial charge in [-0.3, -0.25) is 0 Å². The van der Waals surface area contributed by atoms with Gasteiger partial charge in [-0.15, -0.1) is 0 Å². The molecule has 0 bridgehead atoms. The zero-order valence-corrected chi connectivity index (χ0v) is 13.4. The van der Waals surface area contributed by atoms with E-state index in [1.165, 1.54) is 5.56 Å². The van der Waals surface area contributed by atoms with Crippen LogP contribution in [0.15, 0.2) is 60.7 Å². The molecule has 0 fully saturated rings. The van der Waals surface area contributed by atoms with Crippen LogP contribution in [0.25, 0.3) is 0 Å². The Balaban J connectivity index is 2.13. The standard InChI is InChI=1S/C19H22N2O3/c20-21(19(23)24)18(14-22)17(16-11-5-2-6-12-16)13-7-10-15-8-3-1-4-9-15/h1-6,8-9,11-12,14,17-18H,7,10,13,20H2,(H,23,24). The summed E-state index contributed by atoms with van der Waals surface area (Å²) in [5, 5.41) is 9.73. The Bertz CT molecular complexity index is 646. The molecule has 0 radical (unpaired) electrons. The highest BCUT2D eigenvalue weighted by molar-refractivity contribution is 5.72. The van der Waals surface area contributed by atoms with Gasteiger partial charge in [0.15, 0.2) is 0 Å². The summed E-state index contributed by atoms with van der Waals surface area (Å²) in [6, 6.07) is 18.6. The number of aryl methyl sites for hydroxylation is 1. The summed E-state index contributed by atoms with van der Waals surface area (Å²) < 4.78 is 0. The zero-order chi connectivity index (χ0) is 17.4. The van der Waals surface area contributed by atoms with Crippen molar-refractivity contribution in [2.45, 2.75) is 31.2 Å². The van der Waals surface area contributed by atoms with Crippen LogP contribution in [0.4, 0.5) is 4.79 Å². The van der Waals surface area contributed by atoms with Crippen LogP contribution in [0.3, 0.4) is 0 Å². The first-order valence-corrected chi connectivity index (χ1v) is 7.94. The molecular weight excluding hydrogens is 304 g/mol. The summed E-state index contributed by atoms with van der Waals surface area (Å²) in [7, 11) is 0. The normalized spacial score (nSPS) is 13.0. The molecule has 1 amide bonds. The van der Waals surface area contributed by atoms with Crippen molar-refractivity contribution in [3.05, 3.63) is 71.8 Å². The van der Waals surface area contributed by atoms with E-state index in [4.69, 9.17) is 10.9 Å². The summed E-state index contributed by atoms with van der Waals surface area (Å²) in [4.78, 5) is 22.7. The topological polar surface area (TPSA) is 83.6 Å². The maximum Gasteiger partial charge on any atom is 0.422 e. The molecule has 3 N–H and O–H groups in total. The van der Waals surface area contributed by atoms with E-state index in [2.05, 4.69) is 12.1 Å². The molecule has 0 heterocycles. The molecule has 2 rings (SSSR count). The van der Waals surface area contributed by atoms with Gasteiger partial charge in [-0.25, -0.2) is 15.6 Å². The second kappa shape index (κ2) is 8.84. The quantitative estimate of drug-likeness (QED) is 0.338. The van der Waals surface area contributed by atoms with Crippen LogP contribution in [0.5, 0.6) is 0 Å². The second-order valence-electron chi connectivity index (χ2n) is 5.71. The number of hydrazine groups is 1. The number of carbonyl (C=O) groups is 2. The minimum Gasteiger partial charge on any atom is -0.464 e. The molecule has 0 aromatic heterocycles. The van der Waals surface area contributed by atoms with Gasteiger partial charge in [-0.05, 0) is 30.4 Å². The van der Waals surface area contributed by atoms with E-state index in [-0.39, 0.29) is 5.92 Å². The van der Waals surface area contributed by atoms with Gasteiger partial charge >= 0.3 is 6.09 Å². The van der Waals surface area contributed by atoms with Crippen molar-refractivity contribution in [2.75, 3.05) is 0 Å².